The highest BCUT2D eigenvalue weighted by Gasteiger charge is 2.23. The van der Waals surface area contributed by atoms with Gasteiger partial charge in [-0.05, 0) is 24.6 Å². The number of hydrogen-bond donors (Lipinski definition) is 1. The molecule has 0 saturated carbocycles. The quantitative estimate of drug-likeness (QED) is 0.917. The predicted octanol–water partition coefficient (Wildman–Crippen LogP) is 3.33. The fraction of sp³-hybridized carbons (Fsp3) is 0.571. The largest absolute Gasteiger partial charge is 0.314 e. The molecule has 1 N–H and O–H groups in total. The van der Waals surface area contributed by atoms with Crippen LogP contribution in [0, 0.1) is 5.82 Å². The van der Waals surface area contributed by atoms with E-state index in [9.17, 15) is 4.39 Å². The lowest BCUT2D eigenvalue weighted by Crippen LogP contribution is -2.45. The maximum absolute atomic E-state index is 14.0. The maximum Gasteiger partial charge on any atom is 0.128 e. The van der Waals surface area contributed by atoms with Crippen molar-refractivity contribution >= 4 is 15.9 Å². The van der Waals surface area contributed by atoms with E-state index in [-0.39, 0.29) is 11.9 Å². The molecular formula is C14H20BrFN2. The molecule has 1 aromatic rings. The normalized spacial score (nSPS) is 18.8. The van der Waals surface area contributed by atoms with E-state index in [4.69, 9.17) is 0 Å². The van der Waals surface area contributed by atoms with Crippen molar-refractivity contribution < 1.29 is 4.39 Å². The molecule has 0 aromatic heterocycles. The first-order valence-corrected chi connectivity index (χ1v) is 7.41. The monoisotopic (exact) mass is 314 g/mol. The molecule has 1 aromatic carbocycles. The minimum absolute atomic E-state index is 0.0878. The Bertz CT molecular complexity index is 391. The first-order chi connectivity index (χ1) is 8.72. The number of nitrogens with zero attached hydrogens (tertiary/aromatic N) is 1. The van der Waals surface area contributed by atoms with Crippen molar-refractivity contribution in [3.8, 4) is 0 Å². The summed E-state index contributed by atoms with van der Waals surface area (Å²) in [6.45, 7) is 6.14. The van der Waals surface area contributed by atoms with E-state index in [2.05, 4.69) is 33.1 Å². The highest BCUT2D eigenvalue weighted by Crippen LogP contribution is 2.30. The Hall–Kier alpha value is -0.450. The van der Waals surface area contributed by atoms with E-state index in [0.717, 1.165) is 49.1 Å². The van der Waals surface area contributed by atoms with Gasteiger partial charge in [0.15, 0.2) is 0 Å². The van der Waals surface area contributed by atoms with E-state index in [1.165, 1.54) is 0 Å². The number of halogens is 2. The van der Waals surface area contributed by atoms with E-state index in [1.54, 1.807) is 12.1 Å². The van der Waals surface area contributed by atoms with Gasteiger partial charge >= 0.3 is 0 Å². The van der Waals surface area contributed by atoms with Gasteiger partial charge in [-0.1, -0.05) is 29.3 Å². The van der Waals surface area contributed by atoms with E-state index in [1.807, 2.05) is 6.07 Å². The summed E-state index contributed by atoms with van der Waals surface area (Å²) in [5.41, 5.74) is 0.827. The minimum Gasteiger partial charge on any atom is -0.314 e. The van der Waals surface area contributed by atoms with Gasteiger partial charge in [0.1, 0.15) is 5.82 Å². The molecule has 1 aliphatic heterocycles. The van der Waals surface area contributed by atoms with Crippen LogP contribution in [0.4, 0.5) is 4.39 Å². The van der Waals surface area contributed by atoms with Crippen LogP contribution in [0.25, 0.3) is 0 Å². The number of benzene rings is 1. The van der Waals surface area contributed by atoms with Crippen molar-refractivity contribution in [3.63, 3.8) is 0 Å². The average Bonchev–Trinajstić information content (AvgIpc) is 2.40. The molecule has 0 bridgehead atoms. The van der Waals surface area contributed by atoms with Crippen molar-refractivity contribution in [2.24, 2.45) is 0 Å². The van der Waals surface area contributed by atoms with Crippen molar-refractivity contribution in [1.29, 1.82) is 0 Å². The van der Waals surface area contributed by atoms with Gasteiger partial charge < -0.3 is 5.32 Å². The zero-order valence-electron chi connectivity index (χ0n) is 10.8. The zero-order valence-corrected chi connectivity index (χ0v) is 12.3. The van der Waals surface area contributed by atoms with Gasteiger partial charge in [0.2, 0.25) is 0 Å². The minimum atomic E-state index is -0.0878. The molecule has 0 aliphatic carbocycles. The lowest BCUT2D eigenvalue weighted by Gasteiger charge is -2.35. The van der Waals surface area contributed by atoms with E-state index < -0.39 is 0 Å². The Morgan fingerprint density at radius 2 is 2.11 bits per heavy atom. The molecule has 1 heterocycles. The summed E-state index contributed by atoms with van der Waals surface area (Å²) in [6.07, 6.45) is 2.08. The summed E-state index contributed by atoms with van der Waals surface area (Å²) in [5.74, 6) is -0.0878. The highest BCUT2D eigenvalue weighted by molar-refractivity contribution is 9.10. The summed E-state index contributed by atoms with van der Waals surface area (Å²) < 4.78 is 15.0. The number of nitrogens with one attached hydrogen (secondary N) is 1. The summed E-state index contributed by atoms with van der Waals surface area (Å²) >= 11 is 3.44. The Kier molecular flexibility index (Phi) is 5.15. The fourth-order valence-electron chi connectivity index (χ4n) is 2.57. The summed E-state index contributed by atoms with van der Waals surface area (Å²) in [5, 5.41) is 3.34. The number of hydrogen-bond acceptors (Lipinski definition) is 2. The molecule has 0 radical (unpaired) electrons. The Morgan fingerprint density at radius 3 is 2.78 bits per heavy atom. The summed E-state index contributed by atoms with van der Waals surface area (Å²) in [6, 6.07) is 5.45. The van der Waals surface area contributed by atoms with Crippen LogP contribution < -0.4 is 5.32 Å². The SMILES string of the molecule is CCC[C@H](c1cc(Br)ccc1F)N1CCNCC1. The predicted molar refractivity (Wildman–Crippen MR) is 76.2 cm³/mol. The number of piperazine rings is 1. The van der Waals surface area contributed by atoms with Gasteiger partial charge in [0.05, 0.1) is 0 Å². The number of rotatable bonds is 4. The van der Waals surface area contributed by atoms with Gasteiger partial charge in [0.25, 0.3) is 0 Å². The molecular weight excluding hydrogens is 295 g/mol. The van der Waals surface area contributed by atoms with Crippen LogP contribution in [0.5, 0.6) is 0 Å². The summed E-state index contributed by atoms with van der Waals surface area (Å²) in [4.78, 5) is 2.39. The molecule has 2 nitrogen and oxygen atoms in total. The third-order valence-corrected chi connectivity index (χ3v) is 3.96. The lowest BCUT2D eigenvalue weighted by molar-refractivity contribution is 0.161. The lowest BCUT2D eigenvalue weighted by atomic mass is 9.99. The third-order valence-electron chi connectivity index (χ3n) is 3.47. The van der Waals surface area contributed by atoms with Crippen molar-refractivity contribution in [2.75, 3.05) is 26.2 Å². The zero-order chi connectivity index (χ0) is 13.0. The molecule has 100 valence electrons. The molecule has 18 heavy (non-hydrogen) atoms. The van der Waals surface area contributed by atoms with E-state index in [0.29, 0.717) is 0 Å². The van der Waals surface area contributed by atoms with Crippen LogP contribution in [0.15, 0.2) is 22.7 Å². The topological polar surface area (TPSA) is 15.3 Å². The average molecular weight is 315 g/mol. The second-order valence-corrected chi connectivity index (χ2v) is 5.67. The first-order valence-electron chi connectivity index (χ1n) is 6.62. The molecule has 0 amide bonds. The van der Waals surface area contributed by atoms with Gasteiger partial charge in [-0.15, -0.1) is 0 Å². The fourth-order valence-corrected chi connectivity index (χ4v) is 2.95. The second-order valence-electron chi connectivity index (χ2n) is 4.76. The van der Waals surface area contributed by atoms with Gasteiger partial charge in [-0.25, -0.2) is 4.39 Å². The van der Waals surface area contributed by atoms with Crippen LogP contribution in [-0.4, -0.2) is 31.1 Å². The van der Waals surface area contributed by atoms with Crippen molar-refractivity contribution in [2.45, 2.75) is 25.8 Å². The van der Waals surface area contributed by atoms with Crippen LogP contribution in [0.3, 0.4) is 0 Å². The van der Waals surface area contributed by atoms with Gasteiger partial charge in [-0.2, -0.15) is 0 Å². The van der Waals surface area contributed by atoms with Crippen LogP contribution in [-0.2, 0) is 0 Å². The van der Waals surface area contributed by atoms with Crippen LogP contribution in [0.2, 0.25) is 0 Å². The molecule has 0 unspecified atom stereocenters. The van der Waals surface area contributed by atoms with Crippen molar-refractivity contribution in [1.82, 2.24) is 10.2 Å². The third kappa shape index (κ3) is 3.31. The second kappa shape index (κ2) is 6.64. The van der Waals surface area contributed by atoms with Gasteiger partial charge in [-0.3, -0.25) is 4.90 Å². The Balaban J connectivity index is 2.24. The first kappa shape index (κ1) is 14.0. The van der Waals surface area contributed by atoms with Crippen LogP contribution in [0.1, 0.15) is 31.4 Å². The standard InChI is InChI=1S/C14H20BrFN2/c1-2-3-14(18-8-6-17-7-9-18)12-10-11(15)4-5-13(12)16/h4-5,10,14,17H,2-3,6-9H2,1H3/t14-/m1/s1. The maximum atomic E-state index is 14.0. The Labute approximate surface area is 117 Å². The molecule has 1 aliphatic rings. The molecule has 1 fully saturated rings. The molecule has 1 saturated heterocycles. The molecule has 0 spiro atoms. The Morgan fingerprint density at radius 1 is 1.39 bits per heavy atom. The molecule has 4 heteroatoms. The van der Waals surface area contributed by atoms with Crippen molar-refractivity contribution in [3.05, 3.63) is 34.1 Å². The molecule has 1 atom stereocenters. The van der Waals surface area contributed by atoms with E-state index >= 15 is 0 Å². The summed E-state index contributed by atoms with van der Waals surface area (Å²) in [7, 11) is 0. The van der Waals surface area contributed by atoms with Crippen LogP contribution >= 0.6 is 15.9 Å². The van der Waals surface area contributed by atoms with Gasteiger partial charge in [0, 0.05) is 42.3 Å². The highest BCUT2D eigenvalue weighted by atomic mass is 79.9. The molecule has 2 rings (SSSR count). The smallest absolute Gasteiger partial charge is 0.128 e.